The van der Waals surface area contributed by atoms with Crippen molar-refractivity contribution in [1.29, 1.82) is 0 Å². The molecule has 0 spiro atoms. The lowest BCUT2D eigenvalue weighted by atomic mass is 10.2. The third-order valence-electron chi connectivity index (χ3n) is 2.51. The lowest BCUT2D eigenvalue weighted by Crippen LogP contribution is -2.20. The predicted molar refractivity (Wildman–Crippen MR) is 69.9 cm³/mol. The first-order valence-corrected chi connectivity index (χ1v) is 5.92. The van der Waals surface area contributed by atoms with Gasteiger partial charge in [-0.2, -0.15) is 8.78 Å². The Hall–Kier alpha value is -2.21. The van der Waals surface area contributed by atoms with E-state index < -0.39 is 18.2 Å². The molecule has 2 aromatic carbocycles. The molecular weight excluding hydrogens is 269 g/mol. The third-order valence-corrected chi connectivity index (χ3v) is 2.51. The summed E-state index contributed by atoms with van der Waals surface area (Å²) in [6, 6.07) is 13.2. The van der Waals surface area contributed by atoms with Gasteiger partial charge in [-0.15, -0.1) is 0 Å². The Kier molecular flexibility index (Phi) is 4.84. The lowest BCUT2D eigenvalue weighted by Gasteiger charge is -2.10. The van der Waals surface area contributed by atoms with E-state index in [2.05, 4.69) is 15.6 Å². The Morgan fingerprint density at radius 3 is 2.45 bits per heavy atom. The van der Waals surface area contributed by atoms with Crippen molar-refractivity contribution in [2.24, 2.45) is 0 Å². The number of anilines is 1. The Bertz CT molecular complexity index is 549. The second kappa shape index (κ2) is 6.81. The minimum atomic E-state index is -3.03. The highest BCUT2D eigenvalue weighted by Gasteiger charge is 2.10. The van der Waals surface area contributed by atoms with Crippen LogP contribution in [0.3, 0.4) is 0 Å². The number of halogens is 3. The summed E-state index contributed by atoms with van der Waals surface area (Å²) < 4.78 is 41.4. The van der Waals surface area contributed by atoms with Gasteiger partial charge in [0.1, 0.15) is 0 Å². The van der Waals surface area contributed by atoms with E-state index in [0.717, 1.165) is 11.8 Å². The molecule has 0 bridgehead atoms. The van der Waals surface area contributed by atoms with Crippen molar-refractivity contribution in [2.45, 2.75) is 13.2 Å². The zero-order chi connectivity index (χ0) is 14.4. The number of hydrogen-bond donors (Lipinski definition) is 2. The van der Waals surface area contributed by atoms with E-state index in [1.165, 1.54) is 12.1 Å². The summed E-state index contributed by atoms with van der Waals surface area (Å²) in [5.74, 6) is -1.27. The maximum atomic E-state index is 13.5. The van der Waals surface area contributed by atoms with E-state index in [1.54, 1.807) is 0 Å². The molecule has 2 rings (SSSR count). The largest absolute Gasteiger partial charge is 0.432 e. The van der Waals surface area contributed by atoms with Crippen LogP contribution in [0.5, 0.6) is 5.75 Å². The maximum absolute atomic E-state index is 13.5. The summed E-state index contributed by atoms with van der Waals surface area (Å²) in [5.41, 5.74) is 7.31. The molecule has 2 N–H and O–H groups in total. The van der Waals surface area contributed by atoms with Gasteiger partial charge in [0, 0.05) is 12.2 Å². The molecule has 0 saturated heterocycles. The molecule has 0 aliphatic heterocycles. The van der Waals surface area contributed by atoms with Crippen molar-refractivity contribution in [2.75, 3.05) is 5.43 Å². The summed E-state index contributed by atoms with van der Waals surface area (Å²) in [6.07, 6.45) is 0. The second-order valence-corrected chi connectivity index (χ2v) is 3.99. The number of hydrazine groups is 1. The van der Waals surface area contributed by atoms with Gasteiger partial charge in [0.25, 0.3) is 0 Å². The van der Waals surface area contributed by atoms with Crippen LogP contribution in [-0.4, -0.2) is 6.61 Å². The first-order valence-electron chi connectivity index (χ1n) is 5.92. The Balaban J connectivity index is 1.89. The minimum absolute atomic E-state index is 0.334. The molecule has 0 aliphatic carbocycles. The number of ether oxygens (including phenoxy) is 1. The van der Waals surface area contributed by atoms with E-state index in [4.69, 9.17) is 0 Å². The first kappa shape index (κ1) is 14.2. The predicted octanol–water partition coefficient (Wildman–Crippen LogP) is 3.54. The fraction of sp³-hybridized carbons (Fsp3) is 0.143. The minimum Gasteiger partial charge on any atom is -0.432 e. The summed E-state index contributed by atoms with van der Waals surface area (Å²) in [6.45, 7) is -2.70. The fourth-order valence-corrected chi connectivity index (χ4v) is 1.62. The van der Waals surface area contributed by atoms with Crippen LogP contribution in [0.4, 0.5) is 18.9 Å². The lowest BCUT2D eigenvalue weighted by molar-refractivity contribution is -0.0522. The number of nitrogens with one attached hydrogen (secondary N) is 2. The van der Waals surface area contributed by atoms with Crippen LogP contribution >= 0.6 is 0 Å². The highest BCUT2D eigenvalue weighted by molar-refractivity contribution is 5.41. The van der Waals surface area contributed by atoms with Crippen molar-refractivity contribution in [3.63, 3.8) is 0 Å². The van der Waals surface area contributed by atoms with E-state index in [0.29, 0.717) is 12.1 Å². The van der Waals surface area contributed by atoms with E-state index in [1.807, 2.05) is 30.3 Å². The molecule has 0 fully saturated rings. The summed E-state index contributed by atoms with van der Waals surface area (Å²) >= 11 is 0. The molecule has 20 heavy (non-hydrogen) atoms. The van der Waals surface area contributed by atoms with Crippen LogP contribution in [0.15, 0.2) is 48.5 Å². The monoisotopic (exact) mass is 282 g/mol. The molecule has 3 nitrogen and oxygen atoms in total. The smallest absolute Gasteiger partial charge is 0.387 e. The zero-order valence-corrected chi connectivity index (χ0v) is 10.4. The third kappa shape index (κ3) is 4.17. The average Bonchev–Trinajstić information content (AvgIpc) is 2.43. The van der Waals surface area contributed by atoms with Crippen molar-refractivity contribution in [3.05, 3.63) is 59.9 Å². The number of hydrogen-bond acceptors (Lipinski definition) is 3. The highest BCUT2D eigenvalue weighted by atomic mass is 19.3. The van der Waals surface area contributed by atoms with Gasteiger partial charge in [0.05, 0.1) is 0 Å². The van der Waals surface area contributed by atoms with Crippen molar-refractivity contribution >= 4 is 5.69 Å². The fourth-order valence-electron chi connectivity index (χ4n) is 1.62. The topological polar surface area (TPSA) is 33.3 Å². The number of para-hydroxylation sites is 1. The number of alkyl halides is 2. The molecule has 106 valence electrons. The molecule has 0 radical (unpaired) electrons. The van der Waals surface area contributed by atoms with Crippen LogP contribution in [0.25, 0.3) is 0 Å². The van der Waals surface area contributed by atoms with Crippen LogP contribution in [0, 0.1) is 5.82 Å². The van der Waals surface area contributed by atoms with Gasteiger partial charge in [-0.25, -0.2) is 9.82 Å². The maximum Gasteiger partial charge on any atom is 0.387 e. The van der Waals surface area contributed by atoms with Crippen molar-refractivity contribution in [3.8, 4) is 5.75 Å². The van der Waals surface area contributed by atoms with Gasteiger partial charge in [-0.05, 0) is 29.8 Å². The van der Waals surface area contributed by atoms with E-state index in [9.17, 15) is 13.2 Å². The SMILES string of the molecule is Fc1cc(CNNc2ccccc2)ccc1OC(F)F. The average molecular weight is 282 g/mol. The van der Waals surface area contributed by atoms with Crippen molar-refractivity contribution < 1.29 is 17.9 Å². The summed E-state index contributed by atoms with van der Waals surface area (Å²) in [7, 11) is 0. The Morgan fingerprint density at radius 2 is 1.80 bits per heavy atom. The number of benzene rings is 2. The van der Waals surface area contributed by atoms with Gasteiger partial charge >= 0.3 is 6.61 Å². The van der Waals surface area contributed by atoms with Gasteiger partial charge in [0.2, 0.25) is 0 Å². The van der Waals surface area contributed by atoms with Gasteiger partial charge in [0.15, 0.2) is 11.6 Å². The van der Waals surface area contributed by atoms with Gasteiger partial charge in [-0.3, -0.25) is 0 Å². The zero-order valence-electron chi connectivity index (χ0n) is 10.4. The molecule has 0 aliphatic rings. The molecular formula is C14H13F3N2O. The summed E-state index contributed by atoms with van der Waals surface area (Å²) in [5, 5.41) is 0. The van der Waals surface area contributed by atoms with Gasteiger partial charge < -0.3 is 10.2 Å². The molecule has 0 amide bonds. The Morgan fingerprint density at radius 1 is 1.05 bits per heavy atom. The molecule has 6 heteroatoms. The van der Waals surface area contributed by atoms with Crippen LogP contribution in [0.1, 0.15) is 5.56 Å². The molecule has 2 aromatic rings. The quantitative estimate of drug-likeness (QED) is 0.795. The highest BCUT2D eigenvalue weighted by Crippen LogP contribution is 2.20. The molecule has 0 saturated carbocycles. The van der Waals surface area contributed by atoms with Crippen LogP contribution in [0.2, 0.25) is 0 Å². The molecule has 0 heterocycles. The first-order chi connectivity index (χ1) is 9.65. The molecule has 0 aromatic heterocycles. The Labute approximate surface area is 114 Å². The van der Waals surface area contributed by atoms with E-state index in [-0.39, 0.29) is 0 Å². The van der Waals surface area contributed by atoms with Gasteiger partial charge in [-0.1, -0.05) is 24.3 Å². The second-order valence-electron chi connectivity index (χ2n) is 3.99. The summed E-state index contributed by atoms with van der Waals surface area (Å²) in [4.78, 5) is 0. The number of rotatable bonds is 6. The molecule has 0 atom stereocenters. The van der Waals surface area contributed by atoms with E-state index >= 15 is 0 Å². The van der Waals surface area contributed by atoms with Crippen molar-refractivity contribution in [1.82, 2.24) is 5.43 Å². The standard InChI is InChI=1S/C14H13F3N2O/c15-12-8-10(6-7-13(12)20-14(16)17)9-18-19-11-4-2-1-3-5-11/h1-8,14,18-19H,9H2. The van der Waals surface area contributed by atoms with Crippen LogP contribution in [-0.2, 0) is 6.54 Å². The molecule has 0 unspecified atom stereocenters. The normalized spacial score (nSPS) is 10.6. The van der Waals surface area contributed by atoms with Crippen LogP contribution < -0.4 is 15.6 Å².